The predicted octanol–water partition coefficient (Wildman–Crippen LogP) is 0.987. The van der Waals surface area contributed by atoms with E-state index in [1.165, 1.54) is 19.2 Å². The number of anilines is 1. The average molecular weight is 356 g/mol. The van der Waals surface area contributed by atoms with Gasteiger partial charge in [-0.3, -0.25) is 14.4 Å². The molecule has 0 fully saturated rings. The quantitative estimate of drug-likeness (QED) is 0.677. The first-order valence-corrected chi connectivity index (χ1v) is 7.71. The lowest BCUT2D eigenvalue weighted by Crippen LogP contribution is -2.27. The van der Waals surface area contributed by atoms with E-state index < -0.39 is 11.8 Å². The second-order valence-corrected chi connectivity index (χ2v) is 5.39. The molecular weight excluding hydrogens is 340 g/mol. The van der Waals surface area contributed by atoms with Gasteiger partial charge in [-0.25, -0.2) is 4.68 Å². The van der Waals surface area contributed by atoms with Crippen LogP contribution in [-0.2, 0) is 11.3 Å². The van der Waals surface area contributed by atoms with Gasteiger partial charge in [0.15, 0.2) is 0 Å². The van der Waals surface area contributed by atoms with Gasteiger partial charge in [-0.2, -0.15) is 5.10 Å². The van der Waals surface area contributed by atoms with Gasteiger partial charge in [0.05, 0.1) is 13.2 Å². The summed E-state index contributed by atoms with van der Waals surface area (Å²) in [6.07, 6.45) is 0. The summed E-state index contributed by atoms with van der Waals surface area (Å²) in [4.78, 5) is 36.0. The Bertz CT molecular complexity index is 1040. The normalized spacial score (nSPS) is 10.8. The Morgan fingerprint density at radius 1 is 1.27 bits per heavy atom. The summed E-state index contributed by atoms with van der Waals surface area (Å²) < 4.78 is 11.5. The van der Waals surface area contributed by atoms with Gasteiger partial charge in [-0.15, -0.1) is 0 Å². The summed E-state index contributed by atoms with van der Waals surface area (Å²) in [5, 5.41) is 7.13. The number of benzene rings is 1. The summed E-state index contributed by atoms with van der Waals surface area (Å²) in [5.41, 5.74) is 5.55. The van der Waals surface area contributed by atoms with Gasteiger partial charge >= 0.3 is 0 Å². The Kier molecular flexibility index (Phi) is 4.81. The molecule has 0 spiro atoms. The average Bonchev–Trinajstić information content (AvgIpc) is 3.00. The van der Waals surface area contributed by atoms with E-state index in [0.29, 0.717) is 11.0 Å². The highest BCUT2D eigenvalue weighted by Crippen LogP contribution is 2.30. The van der Waals surface area contributed by atoms with Gasteiger partial charge < -0.3 is 20.2 Å². The molecule has 0 saturated heterocycles. The van der Waals surface area contributed by atoms with E-state index in [4.69, 9.17) is 14.9 Å². The number of carbonyl (C=O) groups is 2. The molecule has 2 amide bonds. The highest BCUT2D eigenvalue weighted by atomic mass is 16.5. The van der Waals surface area contributed by atoms with Crippen molar-refractivity contribution in [3.8, 4) is 0 Å². The third kappa shape index (κ3) is 3.33. The molecule has 0 saturated carbocycles. The van der Waals surface area contributed by atoms with Gasteiger partial charge in [-0.1, -0.05) is 12.1 Å². The molecular formula is C17H16N4O5. The van der Waals surface area contributed by atoms with Gasteiger partial charge in [0.25, 0.3) is 17.4 Å². The number of rotatable bonds is 6. The van der Waals surface area contributed by atoms with Crippen LogP contribution in [0, 0.1) is 0 Å². The molecule has 0 aliphatic carbocycles. The number of furan rings is 1. The fraction of sp³-hybridized carbons (Fsp3) is 0.176. The van der Waals surface area contributed by atoms with Crippen molar-refractivity contribution in [2.24, 2.45) is 5.73 Å². The number of nitrogens with one attached hydrogen (secondary N) is 1. The Hall–Kier alpha value is -3.46. The van der Waals surface area contributed by atoms with Crippen LogP contribution in [0.4, 0.5) is 5.69 Å². The monoisotopic (exact) mass is 356 g/mol. The number of amides is 2. The van der Waals surface area contributed by atoms with Crippen LogP contribution in [0.1, 0.15) is 21.0 Å². The van der Waals surface area contributed by atoms with Crippen LogP contribution in [0.15, 0.2) is 45.6 Å². The maximum absolute atomic E-state index is 12.6. The summed E-state index contributed by atoms with van der Waals surface area (Å²) in [7, 11) is 1.50. The molecule has 3 aromatic rings. The van der Waals surface area contributed by atoms with E-state index in [9.17, 15) is 14.4 Å². The molecule has 9 nitrogen and oxygen atoms in total. The third-order valence-corrected chi connectivity index (χ3v) is 3.66. The van der Waals surface area contributed by atoms with Crippen molar-refractivity contribution in [3.63, 3.8) is 0 Å². The van der Waals surface area contributed by atoms with Crippen LogP contribution in [0.2, 0.25) is 0 Å². The molecule has 3 rings (SSSR count). The van der Waals surface area contributed by atoms with E-state index in [0.717, 1.165) is 4.68 Å². The number of para-hydroxylation sites is 1. The van der Waals surface area contributed by atoms with Gasteiger partial charge in [0, 0.05) is 18.6 Å². The Labute approximate surface area is 147 Å². The first-order chi connectivity index (χ1) is 12.5. The number of nitrogens with two attached hydrogens (primary N) is 1. The van der Waals surface area contributed by atoms with Crippen molar-refractivity contribution in [2.45, 2.75) is 6.54 Å². The SMILES string of the molecule is COCCn1nc(C(=O)Nc2c(C(N)=O)oc3ccccc23)ccc1=O. The highest BCUT2D eigenvalue weighted by Gasteiger charge is 2.21. The molecule has 0 bridgehead atoms. The van der Waals surface area contributed by atoms with Crippen molar-refractivity contribution in [1.82, 2.24) is 9.78 Å². The van der Waals surface area contributed by atoms with Crippen LogP contribution in [0.5, 0.6) is 0 Å². The van der Waals surface area contributed by atoms with Crippen LogP contribution in [0.3, 0.4) is 0 Å². The standard InChI is InChI=1S/C17H16N4O5/c1-25-9-8-21-13(22)7-6-11(20-21)17(24)19-14-10-4-2-3-5-12(10)26-15(14)16(18)23/h2-7H,8-9H2,1H3,(H2,18,23)(H,19,24). The molecule has 0 aliphatic heterocycles. The third-order valence-electron chi connectivity index (χ3n) is 3.66. The number of methoxy groups -OCH3 is 1. The van der Waals surface area contributed by atoms with Gasteiger partial charge in [-0.05, 0) is 18.2 Å². The van der Waals surface area contributed by atoms with E-state index >= 15 is 0 Å². The zero-order valence-electron chi connectivity index (χ0n) is 13.9. The number of hydrogen-bond acceptors (Lipinski definition) is 6. The number of carbonyl (C=O) groups excluding carboxylic acids is 2. The lowest BCUT2D eigenvalue weighted by Gasteiger charge is -2.07. The van der Waals surface area contributed by atoms with E-state index in [-0.39, 0.29) is 35.9 Å². The van der Waals surface area contributed by atoms with E-state index in [1.54, 1.807) is 24.3 Å². The second-order valence-electron chi connectivity index (χ2n) is 5.39. The Morgan fingerprint density at radius 3 is 2.77 bits per heavy atom. The number of ether oxygens (including phenoxy) is 1. The van der Waals surface area contributed by atoms with Crippen molar-refractivity contribution >= 4 is 28.5 Å². The molecule has 134 valence electrons. The zero-order valence-corrected chi connectivity index (χ0v) is 13.9. The van der Waals surface area contributed by atoms with E-state index in [1.807, 2.05) is 0 Å². The van der Waals surface area contributed by atoms with E-state index in [2.05, 4.69) is 10.4 Å². The van der Waals surface area contributed by atoms with Crippen molar-refractivity contribution in [1.29, 1.82) is 0 Å². The smallest absolute Gasteiger partial charge is 0.286 e. The molecule has 0 aliphatic rings. The summed E-state index contributed by atoms with van der Waals surface area (Å²) in [6, 6.07) is 9.35. The number of aromatic nitrogens is 2. The summed E-state index contributed by atoms with van der Waals surface area (Å²) >= 11 is 0. The lowest BCUT2D eigenvalue weighted by molar-refractivity contribution is 0.0977. The van der Waals surface area contributed by atoms with Crippen LogP contribution < -0.4 is 16.6 Å². The minimum absolute atomic E-state index is 0.00130. The van der Waals surface area contributed by atoms with Crippen LogP contribution >= 0.6 is 0 Å². The maximum atomic E-state index is 12.6. The molecule has 9 heteroatoms. The topological polar surface area (TPSA) is 129 Å². The molecule has 3 N–H and O–H groups in total. The number of nitrogens with zero attached hydrogens (tertiary/aromatic N) is 2. The number of primary amides is 1. The molecule has 2 aromatic heterocycles. The van der Waals surface area contributed by atoms with Crippen molar-refractivity contribution < 1.29 is 18.7 Å². The molecule has 0 atom stereocenters. The maximum Gasteiger partial charge on any atom is 0.286 e. The first-order valence-electron chi connectivity index (χ1n) is 7.71. The van der Waals surface area contributed by atoms with Gasteiger partial charge in [0.2, 0.25) is 5.76 Å². The summed E-state index contributed by atoms with van der Waals surface area (Å²) in [5.74, 6) is -1.58. The fourth-order valence-electron chi connectivity index (χ4n) is 2.43. The fourth-order valence-corrected chi connectivity index (χ4v) is 2.43. The molecule has 0 unspecified atom stereocenters. The largest absolute Gasteiger partial charge is 0.449 e. The minimum atomic E-state index is -0.811. The lowest BCUT2D eigenvalue weighted by atomic mass is 10.2. The van der Waals surface area contributed by atoms with Crippen molar-refractivity contribution in [2.75, 3.05) is 19.0 Å². The van der Waals surface area contributed by atoms with Crippen molar-refractivity contribution in [3.05, 3.63) is 58.2 Å². The predicted molar refractivity (Wildman–Crippen MR) is 93.1 cm³/mol. The van der Waals surface area contributed by atoms with Gasteiger partial charge in [0.1, 0.15) is 17.0 Å². The zero-order chi connectivity index (χ0) is 18.7. The Balaban J connectivity index is 1.96. The molecule has 2 heterocycles. The highest BCUT2D eigenvalue weighted by molar-refractivity contribution is 6.13. The molecule has 26 heavy (non-hydrogen) atoms. The first kappa shape index (κ1) is 17.4. The summed E-state index contributed by atoms with van der Waals surface area (Å²) in [6.45, 7) is 0.480. The second kappa shape index (κ2) is 7.19. The molecule has 0 radical (unpaired) electrons. The molecule has 1 aromatic carbocycles. The number of fused-ring (bicyclic) bond motifs is 1. The Morgan fingerprint density at radius 2 is 2.04 bits per heavy atom. The minimum Gasteiger partial charge on any atom is -0.449 e. The number of hydrogen-bond donors (Lipinski definition) is 2. The van der Waals surface area contributed by atoms with Crippen LogP contribution in [0.25, 0.3) is 11.0 Å². The van der Waals surface area contributed by atoms with Crippen LogP contribution in [-0.4, -0.2) is 35.3 Å².